The quantitative estimate of drug-likeness (QED) is 0.888. The minimum atomic E-state index is -0.192. The van der Waals surface area contributed by atoms with Crippen LogP contribution < -0.4 is 15.4 Å². The van der Waals surface area contributed by atoms with Crippen molar-refractivity contribution in [2.75, 3.05) is 7.11 Å². The van der Waals surface area contributed by atoms with Crippen molar-refractivity contribution in [3.8, 4) is 5.75 Å². The highest BCUT2D eigenvalue weighted by Crippen LogP contribution is 2.44. The number of benzene rings is 1. The molecule has 2 aromatic rings. The number of nitrogens with zero attached hydrogens (tertiary/aromatic N) is 1. The number of rotatable bonds is 5. The lowest BCUT2D eigenvalue weighted by molar-refractivity contribution is 0.239. The second-order valence-corrected chi connectivity index (χ2v) is 5.45. The Kier molecular flexibility index (Phi) is 4.00. The van der Waals surface area contributed by atoms with Crippen molar-refractivity contribution in [1.29, 1.82) is 0 Å². The largest absolute Gasteiger partial charge is 0.496 e. The van der Waals surface area contributed by atoms with Gasteiger partial charge in [-0.3, -0.25) is 0 Å². The van der Waals surface area contributed by atoms with Crippen LogP contribution in [0.15, 0.2) is 34.9 Å². The van der Waals surface area contributed by atoms with Crippen molar-refractivity contribution in [2.45, 2.75) is 31.8 Å². The summed E-state index contributed by atoms with van der Waals surface area (Å²) in [6.07, 6.45) is 0.927. The van der Waals surface area contributed by atoms with E-state index in [0.29, 0.717) is 18.2 Å². The second-order valence-electron chi connectivity index (χ2n) is 5.45. The zero-order valence-electron chi connectivity index (χ0n) is 12.6. The van der Waals surface area contributed by atoms with Crippen molar-refractivity contribution < 1.29 is 14.1 Å². The van der Waals surface area contributed by atoms with Crippen LogP contribution in [0, 0.1) is 6.92 Å². The number of para-hydroxylation sites is 1. The molecular weight excluding hydrogens is 282 g/mol. The highest BCUT2D eigenvalue weighted by atomic mass is 16.5. The maximum atomic E-state index is 11.9. The third-order valence-electron chi connectivity index (χ3n) is 3.75. The van der Waals surface area contributed by atoms with Gasteiger partial charge in [-0.25, -0.2) is 4.79 Å². The van der Waals surface area contributed by atoms with Gasteiger partial charge in [-0.1, -0.05) is 23.4 Å². The molecule has 22 heavy (non-hydrogen) atoms. The van der Waals surface area contributed by atoms with E-state index in [9.17, 15) is 4.79 Å². The van der Waals surface area contributed by atoms with Crippen LogP contribution in [0.3, 0.4) is 0 Å². The number of aromatic nitrogens is 1. The number of carbonyl (C=O) groups is 1. The van der Waals surface area contributed by atoms with Gasteiger partial charge in [-0.15, -0.1) is 0 Å². The van der Waals surface area contributed by atoms with Gasteiger partial charge in [0.05, 0.1) is 13.7 Å². The number of nitrogens with one attached hydrogen (secondary N) is 2. The van der Waals surface area contributed by atoms with Crippen LogP contribution in [-0.4, -0.2) is 24.3 Å². The Morgan fingerprint density at radius 3 is 3.00 bits per heavy atom. The van der Waals surface area contributed by atoms with Crippen molar-refractivity contribution in [3.05, 3.63) is 47.3 Å². The first kappa shape index (κ1) is 14.4. The first-order chi connectivity index (χ1) is 10.7. The Bertz CT molecular complexity index is 668. The summed E-state index contributed by atoms with van der Waals surface area (Å²) in [5.41, 5.74) is 1.85. The molecule has 1 aliphatic carbocycles. The molecule has 2 unspecified atom stereocenters. The van der Waals surface area contributed by atoms with E-state index < -0.39 is 0 Å². The first-order valence-corrected chi connectivity index (χ1v) is 7.27. The van der Waals surface area contributed by atoms with Gasteiger partial charge in [0.15, 0.2) is 0 Å². The third-order valence-corrected chi connectivity index (χ3v) is 3.75. The van der Waals surface area contributed by atoms with Crippen LogP contribution in [0.25, 0.3) is 0 Å². The monoisotopic (exact) mass is 301 g/mol. The summed E-state index contributed by atoms with van der Waals surface area (Å²) in [5, 5.41) is 9.58. The Morgan fingerprint density at radius 2 is 2.27 bits per heavy atom. The molecule has 3 rings (SSSR count). The Morgan fingerprint density at radius 1 is 1.45 bits per heavy atom. The Labute approximate surface area is 128 Å². The summed E-state index contributed by atoms with van der Waals surface area (Å²) in [6, 6.07) is 9.67. The molecule has 0 saturated heterocycles. The number of urea groups is 1. The molecule has 1 saturated carbocycles. The fourth-order valence-corrected chi connectivity index (χ4v) is 2.56. The fraction of sp³-hybridized carbons (Fsp3) is 0.375. The summed E-state index contributed by atoms with van der Waals surface area (Å²) in [6.45, 7) is 2.17. The summed E-state index contributed by atoms with van der Waals surface area (Å²) in [7, 11) is 1.66. The van der Waals surface area contributed by atoms with Crippen LogP contribution in [-0.2, 0) is 6.54 Å². The maximum Gasteiger partial charge on any atom is 0.315 e. The number of carbonyl (C=O) groups excluding carboxylic acids is 1. The Balaban J connectivity index is 1.49. The average molecular weight is 301 g/mol. The summed E-state index contributed by atoms with van der Waals surface area (Å²) in [5.74, 6) is 1.92. The number of amides is 2. The molecule has 2 amide bonds. The van der Waals surface area contributed by atoms with Crippen LogP contribution >= 0.6 is 0 Å². The second kappa shape index (κ2) is 6.09. The van der Waals surface area contributed by atoms with Gasteiger partial charge < -0.3 is 19.9 Å². The number of hydrogen-bond acceptors (Lipinski definition) is 4. The van der Waals surface area contributed by atoms with Crippen molar-refractivity contribution >= 4 is 6.03 Å². The maximum absolute atomic E-state index is 11.9. The van der Waals surface area contributed by atoms with Crippen LogP contribution in [0.4, 0.5) is 4.79 Å². The van der Waals surface area contributed by atoms with Crippen LogP contribution in [0.1, 0.15) is 29.4 Å². The zero-order chi connectivity index (χ0) is 15.5. The molecule has 6 heteroatoms. The van der Waals surface area contributed by atoms with Crippen LogP contribution in [0.5, 0.6) is 5.75 Å². The van der Waals surface area contributed by atoms with Gasteiger partial charge in [0.1, 0.15) is 17.2 Å². The summed E-state index contributed by atoms with van der Waals surface area (Å²) in [4.78, 5) is 11.9. The molecule has 1 heterocycles. The van der Waals surface area contributed by atoms with E-state index in [1.165, 1.54) is 0 Å². The van der Waals surface area contributed by atoms with Gasteiger partial charge >= 0.3 is 6.03 Å². The molecule has 0 aliphatic heterocycles. The predicted octanol–water partition coefficient (Wildman–Crippen LogP) is 2.35. The lowest BCUT2D eigenvalue weighted by Gasteiger charge is -2.09. The molecule has 1 aromatic heterocycles. The average Bonchev–Trinajstić information content (AvgIpc) is 3.16. The van der Waals surface area contributed by atoms with Gasteiger partial charge in [-0.05, 0) is 25.0 Å². The molecule has 1 aliphatic rings. The van der Waals surface area contributed by atoms with E-state index in [0.717, 1.165) is 23.5 Å². The molecule has 1 aromatic carbocycles. The highest BCUT2D eigenvalue weighted by Gasteiger charge is 2.41. The van der Waals surface area contributed by atoms with E-state index in [4.69, 9.17) is 9.26 Å². The number of hydrogen-bond donors (Lipinski definition) is 2. The van der Waals surface area contributed by atoms with Gasteiger partial charge in [0.25, 0.3) is 0 Å². The molecule has 0 bridgehead atoms. The molecule has 2 N–H and O–H groups in total. The normalized spacial score (nSPS) is 19.5. The van der Waals surface area contributed by atoms with Crippen molar-refractivity contribution in [1.82, 2.24) is 15.8 Å². The van der Waals surface area contributed by atoms with Gasteiger partial charge in [0.2, 0.25) is 0 Å². The molecule has 0 spiro atoms. The van der Waals surface area contributed by atoms with E-state index in [2.05, 4.69) is 15.8 Å². The molecule has 116 valence electrons. The summed E-state index contributed by atoms with van der Waals surface area (Å²) >= 11 is 0. The van der Waals surface area contributed by atoms with Crippen molar-refractivity contribution in [2.24, 2.45) is 0 Å². The number of aryl methyl sites for hydroxylation is 1. The zero-order valence-corrected chi connectivity index (χ0v) is 12.6. The third kappa shape index (κ3) is 3.21. The van der Waals surface area contributed by atoms with Crippen molar-refractivity contribution in [3.63, 3.8) is 0 Å². The smallest absolute Gasteiger partial charge is 0.315 e. The summed E-state index contributed by atoms with van der Waals surface area (Å²) < 4.78 is 10.3. The van der Waals surface area contributed by atoms with Gasteiger partial charge in [-0.2, -0.15) is 0 Å². The van der Waals surface area contributed by atoms with Crippen LogP contribution in [0.2, 0.25) is 0 Å². The number of ether oxygens (including phenoxy) is 1. The Hall–Kier alpha value is -2.50. The minimum Gasteiger partial charge on any atom is -0.496 e. The molecule has 6 nitrogen and oxygen atoms in total. The SMILES string of the molecule is COc1ccccc1C1CC1NC(=O)NCc1cc(C)on1. The fourth-order valence-electron chi connectivity index (χ4n) is 2.56. The lowest BCUT2D eigenvalue weighted by Crippen LogP contribution is -2.37. The van der Waals surface area contributed by atoms with E-state index in [-0.39, 0.29) is 12.1 Å². The number of methoxy groups -OCH3 is 1. The standard InChI is InChI=1S/C16H19N3O3/c1-10-7-11(19-22-10)9-17-16(20)18-14-8-13(14)12-5-3-4-6-15(12)21-2/h3-7,13-14H,8-9H2,1-2H3,(H2,17,18,20). The van der Waals surface area contributed by atoms with E-state index in [1.54, 1.807) is 13.2 Å². The van der Waals surface area contributed by atoms with E-state index in [1.807, 2.05) is 31.2 Å². The molecule has 2 atom stereocenters. The topological polar surface area (TPSA) is 76.4 Å². The lowest BCUT2D eigenvalue weighted by atomic mass is 10.1. The predicted molar refractivity (Wildman–Crippen MR) is 80.8 cm³/mol. The molecular formula is C16H19N3O3. The van der Waals surface area contributed by atoms with Gasteiger partial charge in [0, 0.05) is 18.0 Å². The molecule has 0 radical (unpaired) electrons. The minimum absolute atomic E-state index is 0.148. The van der Waals surface area contributed by atoms with E-state index >= 15 is 0 Å². The first-order valence-electron chi connectivity index (χ1n) is 7.27. The molecule has 1 fully saturated rings. The highest BCUT2D eigenvalue weighted by molar-refractivity contribution is 5.75.